The third-order valence-electron chi connectivity index (χ3n) is 3.65. The van der Waals surface area contributed by atoms with Crippen molar-refractivity contribution in [2.24, 2.45) is 0 Å². The number of rotatable bonds is 4. The number of thioether (sulfide) groups is 1. The van der Waals surface area contributed by atoms with E-state index in [4.69, 9.17) is 16.1 Å². The van der Waals surface area contributed by atoms with Crippen LogP contribution in [-0.2, 0) is 5.75 Å². The molecule has 1 aromatic carbocycles. The van der Waals surface area contributed by atoms with Crippen molar-refractivity contribution < 1.29 is 4.52 Å². The van der Waals surface area contributed by atoms with E-state index in [0.29, 0.717) is 17.7 Å². The maximum Gasteiger partial charge on any atom is 0.229 e. The predicted octanol–water partition coefficient (Wildman–Crippen LogP) is 3.87. The molecule has 1 aromatic heterocycles. The third-order valence-corrected chi connectivity index (χ3v) is 5.16. The summed E-state index contributed by atoms with van der Waals surface area (Å²) in [6.07, 6.45) is 2.11. The Morgan fingerprint density at radius 1 is 1.43 bits per heavy atom. The van der Waals surface area contributed by atoms with Crippen LogP contribution in [0.2, 0.25) is 5.02 Å². The van der Waals surface area contributed by atoms with Crippen molar-refractivity contribution in [3.8, 4) is 0 Å². The molecule has 21 heavy (non-hydrogen) atoms. The van der Waals surface area contributed by atoms with Crippen molar-refractivity contribution in [3.05, 3.63) is 41.0 Å². The van der Waals surface area contributed by atoms with E-state index in [2.05, 4.69) is 22.4 Å². The summed E-state index contributed by atoms with van der Waals surface area (Å²) in [6, 6.07) is 8.31. The molecule has 1 saturated heterocycles. The highest BCUT2D eigenvalue weighted by atomic mass is 35.5. The van der Waals surface area contributed by atoms with Gasteiger partial charge in [0.05, 0.1) is 10.8 Å². The standard InChI is InChI=1S/C15H18ClN3OS/c1-10-8-11(6-7-17-10)15-18-14(19-20-15)9-21-13-5-3-2-4-12(13)16/h2-5,10-11,17H,6-9H2,1H3. The van der Waals surface area contributed by atoms with Gasteiger partial charge in [-0.25, -0.2) is 0 Å². The van der Waals surface area contributed by atoms with Crippen LogP contribution in [0.3, 0.4) is 0 Å². The maximum absolute atomic E-state index is 6.14. The molecule has 4 nitrogen and oxygen atoms in total. The average molecular weight is 324 g/mol. The number of halogens is 1. The van der Waals surface area contributed by atoms with Crippen LogP contribution in [0.4, 0.5) is 0 Å². The molecular weight excluding hydrogens is 306 g/mol. The average Bonchev–Trinajstić information content (AvgIpc) is 2.95. The molecule has 6 heteroatoms. The Bertz CT molecular complexity index is 604. The van der Waals surface area contributed by atoms with Crippen molar-refractivity contribution >= 4 is 23.4 Å². The quantitative estimate of drug-likeness (QED) is 0.866. The predicted molar refractivity (Wildman–Crippen MR) is 84.8 cm³/mol. The van der Waals surface area contributed by atoms with E-state index in [0.717, 1.165) is 41.0 Å². The smallest absolute Gasteiger partial charge is 0.229 e. The van der Waals surface area contributed by atoms with Gasteiger partial charge in [0, 0.05) is 16.9 Å². The Morgan fingerprint density at radius 3 is 3.10 bits per heavy atom. The minimum absolute atomic E-state index is 0.382. The van der Waals surface area contributed by atoms with E-state index in [1.165, 1.54) is 0 Å². The summed E-state index contributed by atoms with van der Waals surface area (Å²) in [5.41, 5.74) is 0. The van der Waals surface area contributed by atoms with Gasteiger partial charge in [0.2, 0.25) is 5.89 Å². The molecule has 2 unspecified atom stereocenters. The van der Waals surface area contributed by atoms with E-state index >= 15 is 0 Å². The van der Waals surface area contributed by atoms with Gasteiger partial charge >= 0.3 is 0 Å². The largest absolute Gasteiger partial charge is 0.339 e. The molecule has 2 aromatic rings. The van der Waals surface area contributed by atoms with Crippen molar-refractivity contribution in [3.63, 3.8) is 0 Å². The molecule has 0 saturated carbocycles. The SMILES string of the molecule is CC1CC(c2nc(CSc3ccccc3Cl)no2)CCN1. The zero-order chi connectivity index (χ0) is 14.7. The van der Waals surface area contributed by atoms with E-state index < -0.39 is 0 Å². The fourth-order valence-electron chi connectivity index (χ4n) is 2.55. The van der Waals surface area contributed by atoms with Gasteiger partial charge in [-0.1, -0.05) is 28.9 Å². The second kappa shape index (κ2) is 6.81. The lowest BCUT2D eigenvalue weighted by atomic mass is 9.93. The molecule has 2 atom stereocenters. The number of nitrogens with zero attached hydrogens (tertiary/aromatic N) is 2. The summed E-state index contributed by atoms with van der Waals surface area (Å²) in [7, 11) is 0. The Kier molecular flexibility index (Phi) is 4.83. The summed E-state index contributed by atoms with van der Waals surface area (Å²) < 4.78 is 5.44. The summed E-state index contributed by atoms with van der Waals surface area (Å²) in [4.78, 5) is 5.59. The third kappa shape index (κ3) is 3.78. The minimum atomic E-state index is 0.382. The monoisotopic (exact) mass is 323 g/mol. The molecule has 0 amide bonds. The van der Waals surface area contributed by atoms with Gasteiger partial charge in [-0.3, -0.25) is 0 Å². The van der Waals surface area contributed by atoms with Crippen LogP contribution < -0.4 is 5.32 Å². The number of piperidine rings is 1. The molecule has 1 fully saturated rings. The molecule has 0 aliphatic carbocycles. The first-order chi connectivity index (χ1) is 10.2. The Hall–Kier alpha value is -1.04. The van der Waals surface area contributed by atoms with E-state index in [9.17, 15) is 0 Å². The molecule has 112 valence electrons. The Morgan fingerprint density at radius 2 is 2.29 bits per heavy atom. The van der Waals surface area contributed by atoms with Crippen LogP contribution >= 0.6 is 23.4 Å². The topological polar surface area (TPSA) is 51.0 Å². The van der Waals surface area contributed by atoms with Crippen LogP contribution in [0, 0.1) is 0 Å². The number of nitrogens with one attached hydrogen (secondary N) is 1. The van der Waals surface area contributed by atoms with Crippen molar-refractivity contribution in [1.82, 2.24) is 15.5 Å². The number of hydrogen-bond donors (Lipinski definition) is 1. The molecule has 0 radical (unpaired) electrons. The zero-order valence-electron chi connectivity index (χ0n) is 11.9. The van der Waals surface area contributed by atoms with Gasteiger partial charge in [0.25, 0.3) is 0 Å². The molecule has 0 spiro atoms. The van der Waals surface area contributed by atoms with Crippen molar-refractivity contribution in [2.75, 3.05) is 6.54 Å². The van der Waals surface area contributed by atoms with Gasteiger partial charge in [-0.05, 0) is 38.4 Å². The number of aromatic nitrogens is 2. The highest BCUT2D eigenvalue weighted by molar-refractivity contribution is 7.98. The maximum atomic E-state index is 6.14. The molecule has 1 aliphatic heterocycles. The molecule has 0 bridgehead atoms. The van der Waals surface area contributed by atoms with Gasteiger partial charge in [0.1, 0.15) is 0 Å². The van der Waals surface area contributed by atoms with E-state index in [-0.39, 0.29) is 0 Å². The summed E-state index contributed by atoms with van der Waals surface area (Å²) in [6.45, 7) is 3.20. The van der Waals surface area contributed by atoms with E-state index in [1.54, 1.807) is 11.8 Å². The van der Waals surface area contributed by atoms with Gasteiger partial charge in [-0.15, -0.1) is 11.8 Å². The minimum Gasteiger partial charge on any atom is -0.339 e. The first-order valence-electron chi connectivity index (χ1n) is 7.15. The van der Waals surface area contributed by atoms with Crippen molar-refractivity contribution in [2.45, 2.75) is 42.4 Å². The van der Waals surface area contributed by atoms with Crippen LogP contribution in [0.1, 0.15) is 37.4 Å². The van der Waals surface area contributed by atoms with Crippen LogP contribution in [0.25, 0.3) is 0 Å². The second-order valence-electron chi connectivity index (χ2n) is 5.34. The van der Waals surface area contributed by atoms with E-state index in [1.807, 2.05) is 24.3 Å². The lowest BCUT2D eigenvalue weighted by Crippen LogP contribution is -2.34. The van der Waals surface area contributed by atoms with Crippen LogP contribution in [0.5, 0.6) is 0 Å². The molecular formula is C15H18ClN3OS. The van der Waals surface area contributed by atoms with Gasteiger partial charge < -0.3 is 9.84 Å². The Balaban J connectivity index is 1.61. The first-order valence-corrected chi connectivity index (χ1v) is 8.52. The molecule has 1 aliphatic rings. The normalized spacial score (nSPS) is 22.4. The van der Waals surface area contributed by atoms with Crippen LogP contribution in [-0.4, -0.2) is 22.7 Å². The summed E-state index contributed by atoms with van der Waals surface area (Å²) in [5, 5.41) is 8.29. The number of benzene rings is 1. The summed E-state index contributed by atoms with van der Waals surface area (Å²) in [5.74, 6) is 2.57. The summed E-state index contributed by atoms with van der Waals surface area (Å²) >= 11 is 7.77. The lowest BCUT2D eigenvalue weighted by molar-refractivity contribution is 0.294. The van der Waals surface area contributed by atoms with Crippen LogP contribution in [0.15, 0.2) is 33.7 Å². The highest BCUT2D eigenvalue weighted by Crippen LogP contribution is 2.30. The van der Waals surface area contributed by atoms with Gasteiger partial charge in [0.15, 0.2) is 5.82 Å². The van der Waals surface area contributed by atoms with Crippen molar-refractivity contribution in [1.29, 1.82) is 0 Å². The Labute approximate surface area is 133 Å². The molecule has 1 N–H and O–H groups in total. The first kappa shape index (κ1) is 14.9. The fraction of sp³-hybridized carbons (Fsp3) is 0.467. The lowest BCUT2D eigenvalue weighted by Gasteiger charge is -2.25. The molecule has 3 rings (SSSR count). The highest BCUT2D eigenvalue weighted by Gasteiger charge is 2.24. The number of hydrogen-bond acceptors (Lipinski definition) is 5. The van der Waals surface area contributed by atoms with Gasteiger partial charge in [-0.2, -0.15) is 4.98 Å². The fourth-order valence-corrected chi connectivity index (χ4v) is 3.63. The zero-order valence-corrected chi connectivity index (χ0v) is 13.5. The second-order valence-corrected chi connectivity index (χ2v) is 6.77. The molecule has 2 heterocycles.